The quantitative estimate of drug-likeness (QED) is 0.432. The Balaban J connectivity index is 1.77. The van der Waals surface area contributed by atoms with Gasteiger partial charge in [0, 0.05) is 5.56 Å². The van der Waals surface area contributed by atoms with E-state index in [0.717, 1.165) is 18.4 Å². The fraction of sp³-hybridized carbons (Fsp3) is 0.250. The van der Waals surface area contributed by atoms with E-state index in [-0.39, 0.29) is 23.5 Å². The highest BCUT2D eigenvalue weighted by atomic mass is 19.2. The first-order chi connectivity index (χ1) is 13.5. The zero-order valence-electron chi connectivity index (χ0n) is 16.1. The van der Waals surface area contributed by atoms with Crippen LogP contribution in [0.1, 0.15) is 37.0 Å². The fourth-order valence-electron chi connectivity index (χ4n) is 3.09. The second-order valence-corrected chi connectivity index (χ2v) is 6.75. The molecule has 0 aliphatic carbocycles. The molecule has 0 heterocycles. The van der Waals surface area contributed by atoms with Crippen molar-refractivity contribution in [3.05, 3.63) is 88.7 Å². The molecule has 28 heavy (non-hydrogen) atoms. The number of hydrogen-bond donors (Lipinski definition) is 0. The first-order valence-electron chi connectivity index (χ1n) is 9.50. The van der Waals surface area contributed by atoms with E-state index in [9.17, 15) is 13.2 Å². The maximum Gasteiger partial charge on any atom is 0.166 e. The van der Waals surface area contributed by atoms with Crippen LogP contribution in [0.2, 0.25) is 0 Å². The minimum atomic E-state index is -0.949. The summed E-state index contributed by atoms with van der Waals surface area (Å²) in [5.74, 6) is -2.35. The average molecular weight is 384 g/mol. The maximum absolute atomic E-state index is 14.4. The molecule has 0 N–H and O–H groups in total. The van der Waals surface area contributed by atoms with Crippen LogP contribution < -0.4 is 4.74 Å². The molecule has 0 aliphatic heterocycles. The van der Waals surface area contributed by atoms with E-state index in [1.54, 1.807) is 6.07 Å². The van der Waals surface area contributed by atoms with E-state index in [4.69, 9.17) is 4.74 Å². The van der Waals surface area contributed by atoms with E-state index in [0.29, 0.717) is 12.0 Å². The van der Waals surface area contributed by atoms with Crippen molar-refractivity contribution in [2.24, 2.45) is 0 Å². The normalized spacial score (nSPS) is 10.9. The molecule has 3 aromatic rings. The summed E-state index contributed by atoms with van der Waals surface area (Å²) in [5.41, 5.74) is 2.80. The Morgan fingerprint density at radius 2 is 1.50 bits per heavy atom. The van der Waals surface area contributed by atoms with Gasteiger partial charge in [-0.25, -0.2) is 13.2 Å². The van der Waals surface area contributed by atoms with Crippen LogP contribution in [0.4, 0.5) is 13.2 Å². The molecule has 0 aliphatic rings. The van der Waals surface area contributed by atoms with Crippen molar-refractivity contribution in [3.63, 3.8) is 0 Å². The average Bonchev–Trinajstić information content (AvgIpc) is 2.71. The number of ether oxygens (including phenoxy) is 1. The van der Waals surface area contributed by atoms with Gasteiger partial charge in [0.1, 0.15) is 6.61 Å². The SMILES string of the molecule is CCCc1ccc(-c2ccc(OCc3ccc(CC)cc3)c(F)c2)c(F)c1F. The van der Waals surface area contributed by atoms with Gasteiger partial charge in [-0.15, -0.1) is 0 Å². The monoisotopic (exact) mass is 384 g/mol. The first-order valence-corrected chi connectivity index (χ1v) is 9.50. The number of rotatable bonds is 7. The Hall–Kier alpha value is -2.75. The summed E-state index contributed by atoms with van der Waals surface area (Å²) in [5, 5.41) is 0. The molecule has 0 aromatic heterocycles. The van der Waals surface area contributed by atoms with E-state index in [1.807, 2.05) is 31.2 Å². The van der Waals surface area contributed by atoms with Crippen molar-refractivity contribution in [1.82, 2.24) is 0 Å². The Labute approximate surface area is 163 Å². The van der Waals surface area contributed by atoms with Crippen molar-refractivity contribution >= 4 is 0 Å². The smallest absolute Gasteiger partial charge is 0.166 e. The second kappa shape index (κ2) is 8.96. The molecule has 0 atom stereocenters. The lowest BCUT2D eigenvalue weighted by Gasteiger charge is -2.11. The summed E-state index contributed by atoms with van der Waals surface area (Å²) < 4.78 is 48.6. The first kappa shape index (κ1) is 20.0. The van der Waals surface area contributed by atoms with E-state index >= 15 is 0 Å². The van der Waals surface area contributed by atoms with Gasteiger partial charge in [0.15, 0.2) is 23.2 Å². The molecule has 3 aromatic carbocycles. The van der Waals surface area contributed by atoms with Gasteiger partial charge >= 0.3 is 0 Å². The van der Waals surface area contributed by atoms with Gasteiger partial charge in [0.25, 0.3) is 0 Å². The highest BCUT2D eigenvalue weighted by Gasteiger charge is 2.16. The molecule has 3 rings (SSSR count). The van der Waals surface area contributed by atoms with Crippen LogP contribution >= 0.6 is 0 Å². The largest absolute Gasteiger partial charge is 0.486 e. The van der Waals surface area contributed by atoms with Gasteiger partial charge in [-0.1, -0.05) is 62.7 Å². The lowest BCUT2D eigenvalue weighted by atomic mass is 10.0. The molecule has 0 saturated heterocycles. The summed E-state index contributed by atoms with van der Waals surface area (Å²) in [6, 6.07) is 15.1. The number of benzene rings is 3. The summed E-state index contributed by atoms with van der Waals surface area (Å²) in [7, 11) is 0. The minimum absolute atomic E-state index is 0.0398. The molecule has 0 amide bonds. The van der Waals surface area contributed by atoms with E-state index in [2.05, 4.69) is 6.92 Å². The Morgan fingerprint density at radius 1 is 0.786 bits per heavy atom. The van der Waals surface area contributed by atoms with Crippen LogP contribution in [0.5, 0.6) is 5.75 Å². The van der Waals surface area contributed by atoms with Gasteiger partial charge in [-0.3, -0.25) is 0 Å². The van der Waals surface area contributed by atoms with Crippen molar-refractivity contribution in [2.75, 3.05) is 0 Å². The van der Waals surface area contributed by atoms with Gasteiger partial charge in [-0.05, 0) is 47.2 Å². The third kappa shape index (κ3) is 4.38. The van der Waals surface area contributed by atoms with Crippen molar-refractivity contribution in [2.45, 2.75) is 39.7 Å². The molecule has 0 fully saturated rings. The topological polar surface area (TPSA) is 9.23 Å². The standard InChI is InChI=1S/C24H23F3O/c1-3-5-18-10-12-20(24(27)23(18)26)19-11-13-22(21(25)14-19)28-15-17-8-6-16(4-2)7-9-17/h6-14H,3-5,15H2,1-2H3. The van der Waals surface area contributed by atoms with Crippen LogP contribution in [0.3, 0.4) is 0 Å². The number of halogens is 3. The maximum atomic E-state index is 14.4. The van der Waals surface area contributed by atoms with Crippen molar-refractivity contribution in [3.8, 4) is 16.9 Å². The van der Waals surface area contributed by atoms with E-state index in [1.165, 1.54) is 29.8 Å². The van der Waals surface area contributed by atoms with Crippen LogP contribution in [-0.4, -0.2) is 0 Å². The molecule has 0 radical (unpaired) electrons. The van der Waals surface area contributed by atoms with E-state index < -0.39 is 17.5 Å². The summed E-state index contributed by atoms with van der Waals surface area (Å²) in [6.45, 7) is 4.21. The van der Waals surface area contributed by atoms with Gasteiger partial charge in [-0.2, -0.15) is 0 Å². The summed E-state index contributed by atoms with van der Waals surface area (Å²) >= 11 is 0. The Kier molecular flexibility index (Phi) is 6.40. The molecule has 0 bridgehead atoms. The van der Waals surface area contributed by atoms with Crippen LogP contribution in [0.25, 0.3) is 11.1 Å². The number of aryl methyl sites for hydroxylation is 2. The molecular weight excluding hydrogens is 361 g/mol. The molecule has 4 heteroatoms. The number of hydrogen-bond acceptors (Lipinski definition) is 1. The van der Waals surface area contributed by atoms with Gasteiger partial charge in [0.05, 0.1) is 0 Å². The third-order valence-electron chi connectivity index (χ3n) is 4.75. The third-order valence-corrected chi connectivity index (χ3v) is 4.75. The summed E-state index contributed by atoms with van der Waals surface area (Å²) in [4.78, 5) is 0. The van der Waals surface area contributed by atoms with Crippen molar-refractivity contribution < 1.29 is 17.9 Å². The minimum Gasteiger partial charge on any atom is -0.486 e. The molecule has 1 nitrogen and oxygen atoms in total. The fourth-order valence-corrected chi connectivity index (χ4v) is 3.09. The zero-order chi connectivity index (χ0) is 20.1. The lowest BCUT2D eigenvalue weighted by molar-refractivity contribution is 0.290. The summed E-state index contributed by atoms with van der Waals surface area (Å²) in [6.07, 6.45) is 2.13. The lowest BCUT2D eigenvalue weighted by Crippen LogP contribution is -1.99. The highest BCUT2D eigenvalue weighted by molar-refractivity contribution is 5.65. The molecular formula is C24H23F3O. The second-order valence-electron chi connectivity index (χ2n) is 6.75. The predicted octanol–water partition coefficient (Wildman–Crippen LogP) is 6.86. The predicted molar refractivity (Wildman–Crippen MR) is 106 cm³/mol. The zero-order valence-corrected chi connectivity index (χ0v) is 16.1. The molecule has 146 valence electrons. The highest BCUT2D eigenvalue weighted by Crippen LogP contribution is 2.30. The molecule has 0 unspecified atom stereocenters. The van der Waals surface area contributed by atoms with Crippen molar-refractivity contribution in [1.29, 1.82) is 0 Å². The van der Waals surface area contributed by atoms with Crippen LogP contribution in [0.15, 0.2) is 54.6 Å². The molecule has 0 saturated carbocycles. The Bertz CT molecular complexity index is 949. The molecule has 0 spiro atoms. The van der Waals surface area contributed by atoms with Crippen LogP contribution in [-0.2, 0) is 19.4 Å². The van der Waals surface area contributed by atoms with Gasteiger partial charge < -0.3 is 4.74 Å². The van der Waals surface area contributed by atoms with Crippen LogP contribution in [0, 0.1) is 17.5 Å². The van der Waals surface area contributed by atoms with Gasteiger partial charge in [0.2, 0.25) is 0 Å². The Morgan fingerprint density at radius 3 is 2.14 bits per heavy atom.